The largest absolute Gasteiger partial charge is 0.477 e. The van der Waals surface area contributed by atoms with Gasteiger partial charge in [0.05, 0.1) is 11.9 Å². The molecule has 0 fully saturated rings. The van der Waals surface area contributed by atoms with Crippen LogP contribution in [0.15, 0.2) is 70.2 Å². The molecule has 7 nitrogen and oxygen atoms in total. The molecule has 0 spiro atoms. The first kappa shape index (κ1) is 18.7. The van der Waals surface area contributed by atoms with Crippen molar-refractivity contribution in [3.05, 3.63) is 82.2 Å². The van der Waals surface area contributed by atoms with E-state index in [0.717, 1.165) is 26.5 Å². The number of nitrogens with zero attached hydrogens (tertiary/aromatic N) is 1. The lowest BCUT2D eigenvalue weighted by molar-refractivity contribution is 0.0691. The number of hydrazone groups is 1. The Morgan fingerprint density at radius 1 is 1.03 bits per heavy atom. The summed E-state index contributed by atoms with van der Waals surface area (Å²) < 4.78 is 0.909. The van der Waals surface area contributed by atoms with Gasteiger partial charge < -0.3 is 15.1 Å². The minimum Gasteiger partial charge on any atom is -0.477 e. The van der Waals surface area contributed by atoms with Crippen molar-refractivity contribution >= 4 is 44.9 Å². The van der Waals surface area contributed by atoms with E-state index in [1.54, 1.807) is 6.07 Å². The number of nitrogens with one attached hydrogen (secondary N) is 3. The van der Waals surface area contributed by atoms with E-state index in [1.165, 1.54) is 12.3 Å². The molecule has 0 unspecified atom stereocenters. The molecule has 4 aromatic rings. The molecule has 0 aliphatic heterocycles. The van der Waals surface area contributed by atoms with Gasteiger partial charge in [-0.25, -0.2) is 10.2 Å². The van der Waals surface area contributed by atoms with Crippen LogP contribution < -0.4 is 5.43 Å². The van der Waals surface area contributed by atoms with E-state index in [0.29, 0.717) is 11.4 Å². The van der Waals surface area contributed by atoms with Crippen LogP contribution in [0.1, 0.15) is 26.7 Å². The zero-order valence-corrected chi connectivity index (χ0v) is 16.5. The van der Waals surface area contributed by atoms with Gasteiger partial charge in [-0.3, -0.25) is 4.79 Å². The smallest absolute Gasteiger partial charge is 0.352 e. The van der Waals surface area contributed by atoms with Gasteiger partial charge >= 0.3 is 5.97 Å². The number of hydrogen-bond donors (Lipinski definition) is 4. The fourth-order valence-electron chi connectivity index (χ4n) is 3.07. The van der Waals surface area contributed by atoms with Gasteiger partial charge in [-0.2, -0.15) is 5.10 Å². The second-order valence-corrected chi connectivity index (χ2v) is 7.18. The lowest BCUT2D eigenvalue weighted by Crippen LogP contribution is -2.18. The molecule has 0 aliphatic rings. The summed E-state index contributed by atoms with van der Waals surface area (Å²) in [7, 11) is 0. The SMILES string of the molecule is O=C(O)c1ccc(/C=N/NC(=O)c2[nH]c3ccc(Br)cc3c2-c2ccccc2)[nH]1. The van der Waals surface area contributed by atoms with Crippen molar-refractivity contribution in [1.29, 1.82) is 0 Å². The highest BCUT2D eigenvalue weighted by atomic mass is 79.9. The van der Waals surface area contributed by atoms with E-state index in [4.69, 9.17) is 5.11 Å². The molecule has 2 heterocycles. The van der Waals surface area contributed by atoms with Gasteiger partial charge in [-0.1, -0.05) is 46.3 Å². The summed E-state index contributed by atoms with van der Waals surface area (Å²) in [6.45, 7) is 0. The summed E-state index contributed by atoms with van der Waals surface area (Å²) in [5.74, 6) is -1.47. The van der Waals surface area contributed by atoms with Gasteiger partial charge in [0.25, 0.3) is 5.91 Å². The highest BCUT2D eigenvalue weighted by Gasteiger charge is 2.19. The summed E-state index contributed by atoms with van der Waals surface area (Å²) in [5, 5.41) is 13.8. The number of aromatic carboxylic acids is 1. The third-order valence-corrected chi connectivity index (χ3v) is 4.85. The number of fused-ring (bicyclic) bond motifs is 1. The zero-order chi connectivity index (χ0) is 20.4. The molecule has 0 bridgehead atoms. The molecule has 4 N–H and O–H groups in total. The van der Waals surface area contributed by atoms with Crippen molar-refractivity contribution in [1.82, 2.24) is 15.4 Å². The standard InChI is InChI=1S/C21H15BrN4O3/c22-13-6-8-16-15(10-13)18(12-4-2-1-3-5-12)19(25-16)20(27)26-23-11-14-7-9-17(24-14)21(28)29/h1-11,24-25H,(H,26,27)(H,28,29)/b23-11+. The Labute approximate surface area is 173 Å². The van der Waals surface area contributed by atoms with Crippen molar-refractivity contribution in [3.63, 3.8) is 0 Å². The fourth-order valence-corrected chi connectivity index (χ4v) is 3.43. The minimum atomic E-state index is -1.06. The number of carbonyl (C=O) groups is 2. The van der Waals surface area contributed by atoms with E-state index in [9.17, 15) is 9.59 Å². The molecule has 8 heteroatoms. The third kappa shape index (κ3) is 3.83. The van der Waals surface area contributed by atoms with Gasteiger partial charge in [0.15, 0.2) is 0 Å². The van der Waals surface area contributed by atoms with Gasteiger partial charge in [-0.15, -0.1) is 0 Å². The second kappa shape index (κ2) is 7.76. The Morgan fingerprint density at radius 3 is 2.55 bits per heavy atom. The number of benzene rings is 2. The predicted octanol–water partition coefficient (Wildman–Crippen LogP) is 4.39. The first-order chi connectivity index (χ1) is 14.0. The number of carboxylic acid groups (broad SMARTS) is 1. The van der Waals surface area contributed by atoms with Crippen molar-refractivity contribution in [2.75, 3.05) is 0 Å². The summed E-state index contributed by atoms with van der Waals surface area (Å²) in [4.78, 5) is 29.6. The Morgan fingerprint density at radius 2 is 1.83 bits per heavy atom. The second-order valence-electron chi connectivity index (χ2n) is 6.26. The quantitative estimate of drug-likeness (QED) is 0.267. The molecule has 29 heavy (non-hydrogen) atoms. The average molecular weight is 451 g/mol. The lowest BCUT2D eigenvalue weighted by Gasteiger charge is -2.04. The van der Waals surface area contributed by atoms with Crippen LogP contribution in [0.5, 0.6) is 0 Å². The first-order valence-corrected chi connectivity index (χ1v) is 9.44. The average Bonchev–Trinajstić information content (AvgIpc) is 3.33. The van der Waals surface area contributed by atoms with E-state index < -0.39 is 11.9 Å². The Bertz CT molecular complexity index is 1240. The van der Waals surface area contributed by atoms with Gasteiger partial charge in [0, 0.05) is 20.9 Å². The van der Waals surface area contributed by atoms with Crippen LogP contribution in [0.25, 0.3) is 22.0 Å². The summed E-state index contributed by atoms with van der Waals surface area (Å²) in [5.41, 5.74) is 5.91. The number of aromatic amines is 2. The topological polar surface area (TPSA) is 110 Å². The van der Waals surface area contributed by atoms with Crippen LogP contribution in [0.4, 0.5) is 0 Å². The van der Waals surface area contributed by atoms with Crippen LogP contribution in [-0.4, -0.2) is 33.2 Å². The highest BCUT2D eigenvalue weighted by molar-refractivity contribution is 9.10. The molecular weight excluding hydrogens is 436 g/mol. The van der Waals surface area contributed by atoms with Gasteiger partial charge in [-0.05, 0) is 35.9 Å². The maximum atomic E-state index is 12.8. The molecule has 0 atom stereocenters. The van der Waals surface area contributed by atoms with Crippen LogP contribution >= 0.6 is 15.9 Å². The predicted molar refractivity (Wildman–Crippen MR) is 114 cm³/mol. The fraction of sp³-hybridized carbons (Fsp3) is 0. The van der Waals surface area contributed by atoms with Crippen LogP contribution in [-0.2, 0) is 0 Å². The third-order valence-electron chi connectivity index (χ3n) is 4.36. The van der Waals surface area contributed by atoms with Crippen LogP contribution in [0.3, 0.4) is 0 Å². The lowest BCUT2D eigenvalue weighted by atomic mass is 10.0. The van der Waals surface area contributed by atoms with Crippen molar-refractivity contribution in [2.24, 2.45) is 5.10 Å². The monoisotopic (exact) mass is 450 g/mol. The molecule has 4 rings (SSSR count). The normalized spacial score (nSPS) is 11.2. The van der Waals surface area contributed by atoms with E-state index in [2.05, 4.69) is 36.4 Å². The highest BCUT2D eigenvalue weighted by Crippen LogP contribution is 2.34. The molecule has 2 aromatic heterocycles. The molecule has 0 aliphatic carbocycles. The summed E-state index contributed by atoms with van der Waals surface area (Å²) in [6.07, 6.45) is 1.35. The van der Waals surface area contributed by atoms with Crippen LogP contribution in [0, 0.1) is 0 Å². The van der Waals surface area contributed by atoms with Gasteiger partial charge in [0.1, 0.15) is 11.4 Å². The molecule has 0 radical (unpaired) electrons. The van der Waals surface area contributed by atoms with Crippen LogP contribution in [0.2, 0.25) is 0 Å². The molecule has 144 valence electrons. The summed E-state index contributed by atoms with van der Waals surface area (Å²) in [6, 6.07) is 18.4. The first-order valence-electron chi connectivity index (χ1n) is 8.65. The zero-order valence-electron chi connectivity index (χ0n) is 14.9. The molecule has 1 amide bonds. The number of hydrogen-bond acceptors (Lipinski definition) is 3. The maximum absolute atomic E-state index is 12.8. The van der Waals surface area contributed by atoms with Crippen molar-refractivity contribution < 1.29 is 14.7 Å². The molecule has 0 saturated carbocycles. The Kier molecular flexibility index (Phi) is 5.01. The maximum Gasteiger partial charge on any atom is 0.352 e. The number of halogens is 1. The molecule has 2 aromatic carbocycles. The van der Waals surface area contributed by atoms with E-state index >= 15 is 0 Å². The van der Waals surface area contributed by atoms with E-state index in [-0.39, 0.29) is 5.69 Å². The van der Waals surface area contributed by atoms with Crippen molar-refractivity contribution in [2.45, 2.75) is 0 Å². The summed E-state index contributed by atoms with van der Waals surface area (Å²) >= 11 is 3.48. The molecular formula is C21H15BrN4O3. The number of carbonyl (C=O) groups excluding carboxylic acids is 1. The van der Waals surface area contributed by atoms with E-state index in [1.807, 2.05) is 48.5 Å². The number of carboxylic acids is 1. The molecule has 0 saturated heterocycles. The van der Waals surface area contributed by atoms with Crippen molar-refractivity contribution in [3.8, 4) is 11.1 Å². The number of H-pyrrole nitrogens is 2. The number of amides is 1. The Hall–Kier alpha value is -3.65. The minimum absolute atomic E-state index is 0.0466. The number of rotatable bonds is 5. The number of aromatic nitrogens is 2. The van der Waals surface area contributed by atoms with Gasteiger partial charge in [0.2, 0.25) is 0 Å². The Balaban J connectivity index is 1.66.